The van der Waals surface area contributed by atoms with E-state index in [0.717, 1.165) is 14.8 Å². The monoisotopic (exact) mass is 216 g/mol. The van der Waals surface area contributed by atoms with Gasteiger partial charge in [0, 0.05) is 17.3 Å². The molecule has 2 aromatic heterocycles. The molecule has 2 rings (SSSR count). The van der Waals surface area contributed by atoms with E-state index in [4.69, 9.17) is 11.6 Å². The third-order valence-electron chi connectivity index (χ3n) is 1.33. The van der Waals surface area contributed by atoms with E-state index in [1.807, 2.05) is 12.4 Å². The zero-order valence-corrected chi connectivity index (χ0v) is 8.42. The van der Waals surface area contributed by atoms with Crippen molar-refractivity contribution < 1.29 is 0 Å². The van der Waals surface area contributed by atoms with Crippen LogP contribution < -0.4 is 0 Å². The Balaban J connectivity index is 2.35. The Hall–Kier alpha value is -0.450. The summed E-state index contributed by atoms with van der Waals surface area (Å²) in [6.45, 7) is 0. The summed E-state index contributed by atoms with van der Waals surface area (Å²) in [7, 11) is 0. The molecular weight excluding hydrogens is 212 g/mol. The summed E-state index contributed by atoms with van der Waals surface area (Å²) < 4.78 is 0. The van der Waals surface area contributed by atoms with E-state index in [2.05, 4.69) is 9.97 Å². The molecule has 62 valence electrons. The van der Waals surface area contributed by atoms with Gasteiger partial charge < -0.3 is 0 Å². The molecule has 0 aromatic carbocycles. The van der Waals surface area contributed by atoms with Gasteiger partial charge in [0.25, 0.3) is 0 Å². The molecule has 0 atom stereocenters. The molecule has 12 heavy (non-hydrogen) atoms. The molecule has 0 saturated heterocycles. The summed E-state index contributed by atoms with van der Waals surface area (Å²) in [6.07, 6.45) is 3.63. The van der Waals surface area contributed by atoms with Crippen LogP contribution in [0.2, 0.25) is 0 Å². The molecule has 2 aromatic rings. The average molecular weight is 217 g/mol. The minimum Gasteiger partial charge on any atom is -0.252 e. The highest BCUT2D eigenvalue weighted by molar-refractivity contribution is 7.20. The first kappa shape index (κ1) is 8.16. The van der Waals surface area contributed by atoms with Gasteiger partial charge in [0.2, 0.25) is 0 Å². The number of alkyl halides is 1. The SMILES string of the molecule is ClCc1cnc(-c2cncs2)s1. The molecule has 0 aliphatic carbocycles. The Morgan fingerprint density at radius 1 is 1.42 bits per heavy atom. The number of nitrogens with zero attached hydrogens (tertiary/aromatic N) is 2. The summed E-state index contributed by atoms with van der Waals surface area (Å²) in [4.78, 5) is 10.4. The first-order valence-corrected chi connectivity index (χ1v) is 5.53. The molecule has 0 amide bonds. The second-order valence-electron chi connectivity index (χ2n) is 2.13. The molecule has 0 radical (unpaired) electrons. The van der Waals surface area contributed by atoms with Gasteiger partial charge >= 0.3 is 0 Å². The van der Waals surface area contributed by atoms with E-state index >= 15 is 0 Å². The van der Waals surface area contributed by atoms with E-state index < -0.39 is 0 Å². The highest BCUT2D eigenvalue weighted by atomic mass is 35.5. The van der Waals surface area contributed by atoms with Gasteiger partial charge in [-0.25, -0.2) is 4.98 Å². The third-order valence-corrected chi connectivity index (χ3v) is 3.71. The molecule has 2 heterocycles. The van der Waals surface area contributed by atoms with Gasteiger partial charge in [0.15, 0.2) is 0 Å². The van der Waals surface area contributed by atoms with Gasteiger partial charge in [-0.15, -0.1) is 34.3 Å². The minimum absolute atomic E-state index is 0.538. The van der Waals surface area contributed by atoms with Gasteiger partial charge in [0.05, 0.1) is 16.3 Å². The van der Waals surface area contributed by atoms with Crippen LogP contribution in [0.15, 0.2) is 17.9 Å². The smallest absolute Gasteiger partial charge is 0.135 e. The second kappa shape index (κ2) is 3.51. The maximum atomic E-state index is 5.66. The van der Waals surface area contributed by atoms with Crippen LogP contribution in [-0.4, -0.2) is 9.97 Å². The fourth-order valence-corrected chi connectivity index (χ4v) is 2.48. The predicted molar refractivity (Wildman–Crippen MR) is 52.8 cm³/mol. The van der Waals surface area contributed by atoms with Crippen molar-refractivity contribution in [2.45, 2.75) is 5.88 Å². The summed E-state index contributed by atoms with van der Waals surface area (Å²) in [5.74, 6) is 0.538. The number of aromatic nitrogens is 2. The molecule has 0 bridgehead atoms. The second-order valence-corrected chi connectivity index (χ2v) is 4.40. The molecule has 0 saturated carbocycles. The van der Waals surface area contributed by atoms with E-state index in [-0.39, 0.29) is 0 Å². The van der Waals surface area contributed by atoms with E-state index in [0.29, 0.717) is 5.88 Å². The van der Waals surface area contributed by atoms with Crippen LogP contribution in [0, 0.1) is 0 Å². The maximum Gasteiger partial charge on any atom is 0.135 e. The normalized spacial score (nSPS) is 10.4. The van der Waals surface area contributed by atoms with Crippen molar-refractivity contribution in [3.05, 3.63) is 22.8 Å². The number of thiazole rings is 2. The molecule has 2 nitrogen and oxygen atoms in total. The van der Waals surface area contributed by atoms with E-state index in [1.165, 1.54) is 0 Å². The maximum absolute atomic E-state index is 5.66. The van der Waals surface area contributed by atoms with Crippen molar-refractivity contribution in [3.63, 3.8) is 0 Å². The minimum atomic E-state index is 0.538. The van der Waals surface area contributed by atoms with Gasteiger partial charge in [-0.1, -0.05) is 0 Å². The summed E-state index contributed by atoms with van der Waals surface area (Å²) in [5, 5.41) is 1.01. The fraction of sp³-hybridized carbons (Fsp3) is 0.143. The fourth-order valence-electron chi connectivity index (χ4n) is 0.805. The van der Waals surface area contributed by atoms with E-state index in [1.54, 1.807) is 28.2 Å². The van der Waals surface area contributed by atoms with Crippen molar-refractivity contribution in [3.8, 4) is 9.88 Å². The van der Waals surface area contributed by atoms with Gasteiger partial charge in [-0.3, -0.25) is 4.98 Å². The van der Waals surface area contributed by atoms with Crippen LogP contribution in [0.25, 0.3) is 9.88 Å². The first-order chi connectivity index (χ1) is 5.90. The summed E-state index contributed by atoms with van der Waals surface area (Å²) >= 11 is 8.87. The summed E-state index contributed by atoms with van der Waals surface area (Å²) in [5.41, 5.74) is 1.80. The first-order valence-electron chi connectivity index (χ1n) is 3.29. The lowest BCUT2D eigenvalue weighted by Crippen LogP contribution is -1.64. The van der Waals surface area contributed by atoms with Crippen molar-refractivity contribution in [2.24, 2.45) is 0 Å². The van der Waals surface area contributed by atoms with Crippen molar-refractivity contribution >= 4 is 34.3 Å². The van der Waals surface area contributed by atoms with Gasteiger partial charge in [-0.2, -0.15) is 0 Å². The molecule has 0 aliphatic heterocycles. The van der Waals surface area contributed by atoms with Crippen LogP contribution >= 0.6 is 34.3 Å². The molecule has 0 fully saturated rings. The number of hydrogen-bond donors (Lipinski definition) is 0. The lowest BCUT2D eigenvalue weighted by Gasteiger charge is -1.83. The molecule has 0 aliphatic rings. The van der Waals surface area contributed by atoms with Gasteiger partial charge in [-0.05, 0) is 0 Å². The molecule has 0 N–H and O–H groups in total. The van der Waals surface area contributed by atoms with Gasteiger partial charge in [0.1, 0.15) is 5.01 Å². The molecule has 0 spiro atoms. The molecule has 5 heteroatoms. The summed E-state index contributed by atoms with van der Waals surface area (Å²) in [6, 6.07) is 0. The van der Waals surface area contributed by atoms with Crippen molar-refractivity contribution in [1.82, 2.24) is 9.97 Å². The quantitative estimate of drug-likeness (QED) is 0.722. The van der Waals surface area contributed by atoms with Crippen LogP contribution in [0.5, 0.6) is 0 Å². The topological polar surface area (TPSA) is 25.8 Å². The lowest BCUT2D eigenvalue weighted by atomic mass is 10.6. The Labute approximate surface area is 82.9 Å². The Bertz CT molecular complexity index is 355. The average Bonchev–Trinajstić information content (AvgIpc) is 2.75. The zero-order chi connectivity index (χ0) is 8.39. The number of halogens is 1. The number of rotatable bonds is 2. The highest BCUT2D eigenvalue weighted by Crippen LogP contribution is 2.28. The standard InChI is InChI=1S/C7H5ClN2S2/c8-1-5-2-10-7(12-5)6-3-9-4-11-6/h2-4H,1H2. The zero-order valence-electron chi connectivity index (χ0n) is 6.03. The van der Waals surface area contributed by atoms with Crippen LogP contribution in [0.4, 0.5) is 0 Å². The van der Waals surface area contributed by atoms with Crippen molar-refractivity contribution in [2.75, 3.05) is 0 Å². The predicted octanol–water partition coefficient (Wildman–Crippen LogP) is 3.01. The van der Waals surface area contributed by atoms with E-state index in [9.17, 15) is 0 Å². The Morgan fingerprint density at radius 3 is 2.92 bits per heavy atom. The van der Waals surface area contributed by atoms with Crippen molar-refractivity contribution in [1.29, 1.82) is 0 Å². The Kier molecular flexibility index (Phi) is 2.39. The largest absolute Gasteiger partial charge is 0.252 e. The molecular formula is C7H5ClN2S2. The van der Waals surface area contributed by atoms with Crippen LogP contribution in [0.3, 0.4) is 0 Å². The third kappa shape index (κ3) is 1.50. The Morgan fingerprint density at radius 2 is 2.33 bits per heavy atom. The van der Waals surface area contributed by atoms with Crippen LogP contribution in [-0.2, 0) is 5.88 Å². The number of hydrogen-bond acceptors (Lipinski definition) is 4. The lowest BCUT2D eigenvalue weighted by molar-refractivity contribution is 1.36. The highest BCUT2D eigenvalue weighted by Gasteiger charge is 2.04. The van der Waals surface area contributed by atoms with Crippen LogP contribution in [0.1, 0.15) is 4.88 Å². The molecule has 0 unspecified atom stereocenters.